The third-order valence-corrected chi connectivity index (χ3v) is 7.62. The highest BCUT2D eigenvalue weighted by Crippen LogP contribution is 2.25. The Bertz CT molecular complexity index is 1190. The van der Waals surface area contributed by atoms with Gasteiger partial charge in [0.05, 0.1) is 16.7 Å². The summed E-state index contributed by atoms with van der Waals surface area (Å²) in [5.74, 6) is -0.0623. The normalized spacial score (nSPS) is 16.8. The molecular formula is C26H35N3O3S. The minimum Gasteiger partial charge on any atom is -0.331 e. The van der Waals surface area contributed by atoms with Crippen molar-refractivity contribution in [1.29, 1.82) is 0 Å². The number of rotatable bonds is 7. The largest absolute Gasteiger partial charge is 0.331 e. The van der Waals surface area contributed by atoms with Gasteiger partial charge in [-0.2, -0.15) is 0 Å². The molecule has 0 spiro atoms. The standard InChI is InChI=1S/C26H29N3O3S.3H2/c1-19(21-6-3-2-4-7-21)28-26(30)29-23-13-15-24(16-14-23)33(31,32)18-20-9-11-22(12-10-20)25-8-5-17-27-25;;;/h2-4,6-7,9-16,19,25,27H,5,8,17-18H2,1H3,(H2,28,29,30);3*1H/t19-,25?;;;/m0.../s1. The van der Waals surface area contributed by atoms with E-state index in [9.17, 15) is 13.2 Å². The topological polar surface area (TPSA) is 87.3 Å². The second-order valence-electron chi connectivity index (χ2n) is 8.40. The molecule has 4 rings (SSSR count). The Balaban J connectivity index is 0.00000216. The highest BCUT2D eigenvalue weighted by molar-refractivity contribution is 7.90. The first-order valence-corrected chi connectivity index (χ1v) is 12.8. The molecule has 0 bridgehead atoms. The van der Waals surface area contributed by atoms with Crippen LogP contribution in [0.2, 0.25) is 0 Å². The van der Waals surface area contributed by atoms with Gasteiger partial charge in [-0.3, -0.25) is 0 Å². The van der Waals surface area contributed by atoms with E-state index in [4.69, 9.17) is 0 Å². The van der Waals surface area contributed by atoms with Gasteiger partial charge in [-0.1, -0.05) is 54.6 Å². The van der Waals surface area contributed by atoms with Crippen LogP contribution in [-0.4, -0.2) is 21.0 Å². The number of amides is 2. The lowest BCUT2D eigenvalue weighted by Crippen LogP contribution is -2.31. The Hall–Kier alpha value is -3.16. The number of carbonyl (C=O) groups is 1. The summed E-state index contributed by atoms with van der Waals surface area (Å²) in [5.41, 5.74) is 3.49. The van der Waals surface area contributed by atoms with Crippen LogP contribution in [0.4, 0.5) is 10.5 Å². The molecule has 33 heavy (non-hydrogen) atoms. The van der Waals surface area contributed by atoms with Crippen LogP contribution in [-0.2, 0) is 15.6 Å². The summed E-state index contributed by atoms with van der Waals surface area (Å²) in [5, 5.41) is 9.08. The van der Waals surface area contributed by atoms with Crippen LogP contribution >= 0.6 is 0 Å². The lowest BCUT2D eigenvalue weighted by atomic mass is 10.0. The van der Waals surface area contributed by atoms with Crippen LogP contribution in [0.3, 0.4) is 0 Å². The van der Waals surface area contributed by atoms with E-state index in [-0.39, 0.29) is 27.0 Å². The molecule has 3 N–H and O–H groups in total. The fraction of sp³-hybridized carbons (Fsp3) is 0.269. The zero-order valence-corrected chi connectivity index (χ0v) is 19.4. The molecule has 7 heteroatoms. The van der Waals surface area contributed by atoms with Gasteiger partial charge in [-0.05, 0) is 67.3 Å². The van der Waals surface area contributed by atoms with Gasteiger partial charge in [-0.15, -0.1) is 0 Å². The van der Waals surface area contributed by atoms with Crippen molar-refractivity contribution in [3.05, 3.63) is 95.6 Å². The molecule has 0 aliphatic carbocycles. The van der Waals surface area contributed by atoms with Gasteiger partial charge < -0.3 is 16.0 Å². The maximum absolute atomic E-state index is 12.9. The number of urea groups is 1. The summed E-state index contributed by atoms with van der Waals surface area (Å²) >= 11 is 0. The molecule has 0 aromatic heterocycles. The monoisotopic (exact) mass is 469 g/mol. The van der Waals surface area contributed by atoms with E-state index in [1.54, 1.807) is 12.1 Å². The Kier molecular flexibility index (Phi) is 7.11. The van der Waals surface area contributed by atoms with Crippen LogP contribution in [0.15, 0.2) is 83.8 Å². The Morgan fingerprint density at radius 1 is 1.03 bits per heavy atom. The SMILES string of the molecule is C[C@H](NC(=O)Nc1ccc(S(=O)(=O)Cc2ccc(C3CCCN3)cc2)cc1)c1ccccc1.[HH].[HH].[HH]. The zero-order valence-electron chi connectivity index (χ0n) is 18.6. The van der Waals surface area contributed by atoms with Crippen molar-refractivity contribution in [2.75, 3.05) is 11.9 Å². The average Bonchev–Trinajstić information content (AvgIpc) is 3.35. The van der Waals surface area contributed by atoms with E-state index in [1.807, 2.05) is 61.5 Å². The van der Waals surface area contributed by atoms with E-state index in [0.717, 1.165) is 24.1 Å². The summed E-state index contributed by atoms with van der Waals surface area (Å²) in [6.07, 6.45) is 2.28. The van der Waals surface area contributed by atoms with Crippen LogP contribution < -0.4 is 16.0 Å². The second kappa shape index (κ2) is 10.2. The van der Waals surface area contributed by atoms with Crippen LogP contribution in [0.1, 0.15) is 52.8 Å². The molecule has 1 fully saturated rings. The molecule has 1 aliphatic heterocycles. The van der Waals surface area contributed by atoms with E-state index in [2.05, 4.69) is 16.0 Å². The number of nitrogens with one attached hydrogen (secondary N) is 3. The number of hydrogen-bond donors (Lipinski definition) is 3. The lowest BCUT2D eigenvalue weighted by Gasteiger charge is -2.15. The Labute approximate surface area is 199 Å². The summed E-state index contributed by atoms with van der Waals surface area (Å²) in [6.45, 7) is 2.93. The van der Waals surface area contributed by atoms with E-state index in [0.29, 0.717) is 11.7 Å². The van der Waals surface area contributed by atoms with Gasteiger partial charge >= 0.3 is 6.03 Å². The number of anilines is 1. The fourth-order valence-electron chi connectivity index (χ4n) is 4.05. The van der Waals surface area contributed by atoms with Gasteiger partial charge in [0.2, 0.25) is 0 Å². The Morgan fingerprint density at radius 2 is 1.73 bits per heavy atom. The highest BCUT2D eigenvalue weighted by Gasteiger charge is 2.18. The van der Waals surface area contributed by atoms with Gasteiger partial charge in [0.15, 0.2) is 9.84 Å². The molecule has 1 aliphatic rings. The molecule has 1 heterocycles. The molecule has 2 atom stereocenters. The molecule has 2 amide bonds. The summed E-state index contributed by atoms with van der Waals surface area (Å²) in [6, 6.07) is 23.6. The van der Waals surface area contributed by atoms with Crippen LogP contribution in [0.5, 0.6) is 0 Å². The molecule has 0 radical (unpaired) electrons. The van der Waals surface area contributed by atoms with Gasteiger partial charge in [0.1, 0.15) is 0 Å². The van der Waals surface area contributed by atoms with Crippen LogP contribution in [0, 0.1) is 0 Å². The van der Waals surface area contributed by atoms with E-state index >= 15 is 0 Å². The first-order chi connectivity index (χ1) is 15.9. The summed E-state index contributed by atoms with van der Waals surface area (Å²) in [7, 11) is -3.49. The minimum atomic E-state index is -3.49. The number of hydrogen-bond acceptors (Lipinski definition) is 4. The molecule has 3 aromatic rings. The third-order valence-electron chi connectivity index (χ3n) is 5.92. The van der Waals surface area contributed by atoms with Crippen LogP contribution in [0.25, 0.3) is 0 Å². The van der Waals surface area contributed by atoms with Gasteiger partial charge in [0, 0.05) is 16.0 Å². The van der Waals surface area contributed by atoms with Crippen molar-refractivity contribution in [2.24, 2.45) is 0 Å². The predicted octanol–water partition coefficient (Wildman–Crippen LogP) is 5.71. The van der Waals surface area contributed by atoms with Crippen molar-refractivity contribution < 1.29 is 17.5 Å². The van der Waals surface area contributed by atoms with Crippen molar-refractivity contribution in [3.63, 3.8) is 0 Å². The predicted molar refractivity (Wildman–Crippen MR) is 137 cm³/mol. The minimum absolute atomic E-state index is 0. The number of benzene rings is 3. The molecule has 0 saturated carbocycles. The van der Waals surface area contributed by atoms with E-state index < -0.39 is 9.84 Å². The molecule has 6 nitrogen and oxygen atoms in total. The van der Waals surface area contributed by atoms with Crippen molar-refractivity contribution in [3.8, 4) is 0 Å². The highest BCUT2D eigenvalue weighted by atomic mass is 32.2. The van der Waals surface area contributed by atoms with Crippen molar-refractivity contribution in [1.82, 2.24) is 10.6 Å². The summed E-state index contributed by atoms with van der Waals surface area (Å²) < 4.78 is 25.7. The number of carbonyl (C=O) groups excluding carboxylic acids is 1. The first kappa shape index (κ1) is 23.0. The molecule has 178 valence electrons. The maximum Gasteiger partial charge on any atom is 0.319 e. The Morgan fingerprint density at radius 3 is 2.36 bits per heavy atom. The zero-order chi connectivity index (χ0) is 23.3. The van der Waals surface area contributed by atoms with Crippen molar-refractivity contribution >= 4 is 21.6 Å². The summed E-state index contributed by atoms with van der Waals surface area (Å²) in [4.78, 5) is 12.5. The van der Waals surface area contributed by atoms with Gasteiger partial charge in [-0.25, -0.2) is 13.2 Å². The molecular weight excluding hydrogens is 434 g/mol. The molecule has 3 aromatic carbocycles. The third kappa shape index (κ3) is 6.00. The van der Waals surface area contributed by atoms with E-state index in [1.165, 1.54) is 24.1 Å². The molecule has 1 unspecified atom stereocenters. The second-order valence-corrected chi connectivity index (χ2v) is 10.4. The van der Waals surface area contributed by atoms with Crippen molar-refractivity contribution in [2.45, 2.75) is 42.5 Å². The molecule has 1 saturated heterocycles. The first-order valence-electron chi connectivity index (χ1n) is 11.2. The average molecular weight is 470 g/mol. The smallest absolute Gasteiger partial charge is 0.319 e. The quantitative estimate of drug-likeness (QED) is 0.414. The van der Waals surface area contributed by atoms with Gasteiger partial charge in [0.25, 0.3) is 0 Å². The lowest BCUT2D eigenvalue weighted by molar-refractivity contribution is 0.249. The fourth-order valence-corrected chi connectivity index (χ4v) is 5.40. The number of sulfone groups is 1. The maximum atomic E-state index is 12.9.